The Labute approximate surface area is 124 Å². The van der Waals surface area contributed by atoms with Crippen LogP contribution in [0.15, 0.2) is 0 Å². The molecule has 1 aliphatic carbocycles. The first-order chi connectivity index (χ1) is 9.47. The molecule has 1 heterocycles. The summed E-state index contributed by atoms with van der Waals surface area (Å²) in [5.74, 6) is 0.808. The van der Waals surface area contributed by atoms with Crippen LogP contribution < -0.4 is 5.32 Å². The fraction of sp³-hybridized carbons (Fsp3) is 1.00. The molecule has 0 amide bonds. The van der Waals surface area contributed by atoms with E-state index >= 15 is 0 Å². The normalized spacial score (nSPS) is 33.2. The highest BCUT2D eigenvalue weighted by Gasteiger charge is 2.32. The first-order valence-corrected chi connectivity index (χ1v) is 10.1. The molecule has 5 heteroatoms. The van der Waals surface area contributed by atoms with Gasteiger partial charge in [0, 0.05) is 31.9 Å². The summed E-state index contributed by atoms with van der Waals surface area (Å²) < 4.78 is 23.7. The quantitative estimate of drug-likeness (QED) is 0.839. The van der Waals surface area contributed by atoms with Crippen LogP contribution in [0, 0.1) is 5.92 Å². The van der Waals surface area contributed by atoms with Gasteiger partial charge in [-0.25, -0.2) is 8.42 Å². The fourth-order valence-electron chi connectivity index (χ4n) is 3.74. The van der Waals surface area contributed by atoms with Gasteiger partial charge in [0.25, 0.3) is 0 Å². The van der Waals surface area contributed by atoms with Crippen LogP contribution in [0.1, 0.15) is 45.4 Å². The lowest BCUT2D eigenvalue weighted by Gasteiger charge is -2.34. The van der Waals surface area contributed by atoms with Crippen molar-refractivity contribution in [3.8, 4) is 0 Å². The highest BCUT2D eigenvalue weighted by Crippen LogP contribution is 2.24. The van der Waals surface area contributed by atoms with Crippen LogP contribution >= 0.6 is 0 Å². The third-order valence-electron chi connectivity index (χ3n) is 4.83. The van der Waals surface area contributed by atoms with Crippen molar-refractivity contribution in [3.05, 3.63) is 0 Å². The molecule has 2 fully saturated rings. The first kappa shape index (κ1) is 16.2. The van der Waals surface area contributed by atoms with Crippen molar-refractivity contribution in [1.82, 2.24) is 10.2 Å². The number of nitrogens with zero attached hydrogens (tertiary/aromatic N) is 1. The van der Waals surface area contributed by atoms with Crippen molar-refractivity contribution >= 4 is 9.84 Å². The molecule has 0 bridgehead atoms. The van der Waals surface area contributed by atoms with Crippen molar-refractivity contribution < 1.29 is 8.42 Å². The molecule has 0 aromatic heterocycles. The number of hydrogen-bond donors (Lipinski definition) is 1. The SMILES string of the molecule is CC1CCCN(CCNC2CCCCC2S(C)(=O)=O)C1. The molecule has 1 aliphatic heterocycles. The van der Waals surface area contributed by atoms with Gasteiger partial charge in [-0.2, -0.15) is 0 Å². The monoisotopic (exact) mass is 302 g/mol. The number of nitrogens with one attached hydrogen (secondary N) is 1. The Balaban J connectivity index is 1.77. The van der Waals surface area contributed by atoms with E-state index in [-0.39, 0.29) is 11.3 Å². The van der Waals surface area contributed by atoms with Gasteiger partial charge < -0.3 is 10.2 Å². The van der Waals surface area contributed by atoms with E-state index < -0.39 is 9.84 Å². The lowest BCUT2D eigenvalue weighted by molar-refractivity contribution is 0.181. The van der Waals surface area contributed by atoms with E-state index in [1.807, 2.05) is 0 Å². The van der Waals surface area contributed by atoms with E-state index in [0.29, 0.717) is 0 Å². The maximum Gasteiger partial charge on any atom is 0.151 e. The Morgan fingerprint density at radius 2 is 1.90 bits per heavy atom. The minimum absolute atomic E-state index is 0.168. The van der Waals surface area contributed by atoms with E-state index in [1.54, 1.807) is 0 Å². The van der Waals surface area contributed by atoms with Gasteiger partial charge in [-0.05, 0) is 38.1 Å². The van der Waals surface area contributed by atoms with Crippen molar-refractivity contribution in [1.29, 1.82) is 0 Å². The zero-order chi connectivity index (χ0) is 14.6. The highest BCUT2D eigenvalue weighted by molar-refractivity contribution is 7.91. The molecule has 1 N–H and O–H groups in total. The van der Waals surface area contributed by atoms with Crippen LogP contribution in [0.25, 0.3) is 0 Å². The van der Waals surface area contributed by atoms with Gasteiger partial charge in [0.05, 0.1) is 5.25 Å². The van der Waals surface area contributed by atoms with E-state index in [1.165, 1.54) is 32.2 Å². The van der Waals surface area contributed by atoms with E-state index in [0.717, 1.165) is 44.7 Å². The summed E-state index contributed by atoms with van der Waals surface area (Å²) in [5, 5.41) is 3.35. The lowest BCUT2D eigenvalue weighted by atomic mass is 9.95. The first-order valence-electron chi connectivity index (χ1n) is 8.11. The van der Waals surface area contributed by atoms with Gasteiger partial charge in [-0.1, -0.05) is 19.8 Å². The summed E-state index contributed by atoms with van der Waals surface area (Å²) in [7, 11) is -2.92. The third kappa shape index (κ3) is 4.71. The molecule has 1 saturated heterocycles. The van der Waals surface area contributed by atoms with Crippen molar-refractivity contribution in [2.45, 2.75) is 56.7 Å². The van der Waals surface area contributed by atoms with E-state index in [9.17, 15) is 8.42 Å². The second kappa shape index (κ2) is 7.23. The third-order valence-corrected chi connectivity index (χ3v) is 6.49. The molecule has 0 spiro atoms. The summed E-state index contributed by atoms with van der Waals surface area (Å²) in [6.07, 6.45) is 8.10. The van der Waals surface area contributed by atoms with E-state index in [4.69, 9.17) is 0 Å². The second-order valence-corrected chi connectivity index (χ2v) is 9.03. The van der Waals surface area contributed by atoms with Crippen LogP contribution in [0.2, 0.25) is 0 Å². The number of sulfone groups is 1. The Morgan fingerprint density at radius 3 is 2.60 bits per heavy atom. The lowest BCUT2D eigenvalue weighted by Crippen LogP contribution is -2.48. The standard InChI is InChI=1S/C15H30N2O2S/c1-13-6-5-10-17(12-13)11-9-16-14-7-3-4-8-15(14)20(2,18)19/h13-16H,3-12H2,1-2H3. The average Bonchev–Trinajstić information content (AvgIpc) is 2.38. The van der Waals surface area contributed by atoms with E-state index in [2.05, 4.69) is 17.1 Å². The minimum atomic E-state index is -2.92. The predicted octanol–water partition coefficient (Wildman–Crippen LogP) is 1.66. The van der Waals surface area contributed by atoms with Crippen molar-refractivity contribution in [3.63, 3.8) is 0 Å². The molecule has 1 saturated carbocycles. The topological polar surface area (TPSA) is 49.4 Å². The van der Waals surface area contributed by atoms with Gasteiger partial charge in [-0.15, -0.1) is 0 Å². The molecule has 2 rings (SSSR count). The molecule has 118 valence electrons. The zero-order valence-corrected chi connectivity index (χ0v) is 13.8. The van der Waals surface area contributed by atoms with Gasteiger partial charge in [0.15, 0.2) is 9.84 Å². The maximum absolute atomic E-state index is 11.9. The molecule has 0 radical (unpaired) electrons. The zero-order valence-electron chi connectivity index (χ0n) is 13.0. The van der Waals surface area contributed by atoms with Crippen molar-refractivity contribution in [2.24, 2.45) is 5.92 Å². The Morgan fingerprint density at radius 1 is 1.15 bits per heavy atom. The number of hydrogen-bond acceptors (Lipinski definition) is 4. The summed E-state index contributed by atoms with van der Waals surface area (Å²) in [6.45, 7) is 6.69. The van der Waals surface area contributed by atoms with Crippen LogP contribution in [-0.4, -0.2) is 57.0 Å². The maximum atomic E-state index is 11.9. The predicted molar refractivity (Wildman–Crippen MR) is 83.7 cm³/mol. The molecular formula is C15H30N2O2S. The summed E-state index contributed by atoms with van der Waals surface area (Å²) in [4.78, 5) is 2.51. The van der Waals surface area contributed by atoms with Crippen LogP contribution in [0.3, 0.4) is 0 Å². The molecule has 3 atom stereocenters. The molecule has 3 unspecified atom stereocenters. The summed E-state index contributed by atoms with van der Waals surface area (Å²) in [5.41, 5.74) is 0. The van der Waals surface area contributed by atoms with Gasteiger partial charge in [0.1, 0.15) is 0 Å². The second-order valence-electron chi connectivity index (χ2n) is 6.76. The van der Waals surface area contributed by atoms with Crippen LogP contribution in [0.5, 0.6) is 0 Å². The largest absolute Gasteiger partial charge is 0.311 e. The minimum Gasteiger partial charge on any atom is -0.311 e. The van der Waals surface area contributed by atoms with Gasteiger partial charge >= 0.3 is 0 Å². The van der Waals surface area contributed by atoms with Gasteiger partial charge in [0.2, 0.25) is 0 Å². The number of rotatable bonds is 5. The number of likely N-dealkylation sites (tertiary alicyclic amines) is 1. The average molecular weight is 302 g/mol. The van der Waals surface area contributed by atoms with Gasteiger partial charge in [-0.3, -0.25) is 0 Å². The smallest absolute Gasteiger partial charge is 0.151 e. The molecule has 20 heavy (non-hydrogen) atoms. The molecule has 2 aliphatic rings. The summed E-state index contributed by atoms with van der Waals surface area (Å²) >= 11 is 0. The van der Waals surface area contributed by atoms with Crippen LogP contribution in [-0.2, 0) is 9.84 Å². The molecular weight excluding hydrogens is 272 g/mol. The highest BCUT2D eigenvalue weighted by atomic mass is 32.2. The Hall–Kier alpha value is -0.130. The summed E-state index contributed by atoms with van der Waals surface area (Å²) in [6, 6.07) is 0.168. The Kier molecular flexibility index (Phi) is 5.87. The Bertz CT molecular complexity index is 397. The van der Waals surface area contributed by atoms with Crippen molar-refractivity contribution in [2.75, 3.05) is 32.4 Å². The number of piperidine rings is 1. The fourth-order valence-corrected chi connectivity index (χ4v) is 5.16. The molecule has 0 aromatic rings. The molecule has 4 nitrogen and oxygen atoms in total. The molecule has 0 aromatic carbocycles. The van der Waals surface area contributed by atoms with Crippen LogP contribution in [0.4, 0.5) is 0 Å².